The number of pyridine rings is 1. The Balaban J connectivity index is 1.74. The summed E-state index contributed by atoms with van der Waals surface area (Å²) < 4.78 is 10.5. The Bertz CT molecular complexity index is 1010. The van der Waals surface area contributed by atoms with Crippen LogP contribution in [-0.2, 0) is 4.79 Å². The molecule has 0 radical (unpaired) electrons. The van der Waals surface area contributed by atoms with Gasteiger partial charge < -0.3 is 14.8 Å². The second kappa shape index (κ2) is 8.52. The van der Waals surface area contributed by atoms with Crippen molar-refractivity contribution in [3.63, 3.8) is 0 Å². The number of nitrogens with zero attached hydrogens (tertiary/aromatic N) is 1. The first-order chi connectivity index (χ1) is 13.4. The van der Waals surface area contributed by atoms with Gasteiger partial charge in [0.2, 0.25) is 5.91 Å². The maximum absolute atomic E-state index is 12.4. The van der Waals surface area contributed by atoms with Gasteiger partial charge in [-0.2, -0.15) is 0 Å². The van der Waals surface area contributed by atoms with E-state index in [0.29, 0.717) is 17.2 Å². The van der Waals surface area contributed by atoms with E-state index in [0.717, 1.165) is 21.5 Å². The van der Waals surface area contributed by atoms with E-state index >= 15 is 0 Å². The van der Waals surface area contributed by atoms with Crippen molar-refractivity contribution in [2.75, 3.05) is 25.3 Å². The molecule has 6 heteroatoms. The molecular formula is C22H24N2O3S. The van der Waals surface area contributed by atoms with Gasteiger partial charge in [0.1, 0.15) is 16.5 Å². The standard InChI is InChI=1S/C22H24N2O3S/c1-13-6-7-16-8-14(2)22(24-21(16)15(13)3)28-12-20(25)23-17-9-18(26-4)11-19(10-17)27-5/h6-11H,12H2,1-5H3,(H,23,25). The number of rotatable bonds is 6. The monoisotopic (exact) mass is 396 g/mol. The molecular weight excluding hydrogens is 372 g/mol. The maximum Gasteiger partial charge on any atom is 0.234 e. The fraction of sp³-hybridized carbons (Fsp3) is 0.273. The number of aromatic nitrogens is 1. The van der Waals surface area contributed by atoms with Crippen LogP contribution in [-0.4, -0.2) is 30.9 Å². The predicted molar refractivity (Wildman–Crippen MR) is 115 cm³/mol. The first-order valence-corrected chi connectivity index (χ1v) is 9.93. The number of nitrogens with one attached hydrogen (secondary N) is 1. The molecule has 3 aromatic rings. The van der Waals surface area contributed by atoms with Gasteiger partial charge in [-0.05, 0) is 43.5 Å². The van der Waals surface area contributed by atoms with E-state index in [1.807, 2.05) is 6.92 Å². The van der Waals surface area contributed by atoms with E-state index < -0.39 is 0 Å². The average Bonchev–Trinajstić information content (AvgIpc) is 2.69. The van der Waals surface area contributed by atoms with Crippen LogP contribution in [0.1, 0.15) is 16.7 Å². The zero-order valence-corrected chi connectivity index (χ0v) is 17.6. The maximum atomic E-state index is 12.4. The smallest absolute Gasteiger partial charge is 0.234 e. The number of aryl methyl sites for hydroxylation is 3. The normalized spacial score (nSPS) is 10.8. The van der Waals surface area contributed by atoms with Crippen LogP contribution in [0.2, 0.25) is 0 Å². The van der Waals surface area contributed by atoms with Crippen LogP contribution in [0.3, 0.4) is 0 Å². The summed E-state index contributed by atoms with van der Waals surface area (Å²) in [7, 11) is 3.15. The number of methoxy groups -OCH3 is 2. The minimum Gasteiger partial charge on any atom is -0.497 e. The van der Waals surface area contributed by atoms with Crippen LogP contribution < -0.4 is 14.8 Å². The minimum absolute atomic E-state index is 0.109. The lowest BCUT2D eigenvalue weighted by molar-refractivity contribution is -0.113. The van der Waals surface area contributed by atoms with Crippen molar-refractivity contribution in [2.24, 2.45) is 0 Å². The Morgan fingerprint density at radius 1 is 1.00 bits per heavy atom. The van der Waals surface area contributed by atoms with Gasteiger partial charge in [0.15, 0.2) is 0 Å². The number of carbonyl (C=O) groups is 1. The minimum atomic E-state index is -0.109. The van der Waals surface area contributed by atoms with E-state index in [1.165, 1.54) is 22.9 Å². The number of thioether (sulfide) groups is 1. The number of hydrogen-bond donors (Lipinski definition) is 1. The van der Waals surface area contributed by atoms with Crippen LogP contribution in [0.4, 0.5) is 5.69 Å². The molecule has 3 rings (SSSR count). The van der Waals surface area contributed by atoms with Crippen LogP contribution in [0.25, 0.3) is 10.9 Å². The number of hydrogen-bond acceptors (Lipinski definition) is 5. The van der Waals surface area contributed by atoms with Crippen LogP contribution in [0.5, 0.6) is 11.5 Å². The van der Waals surface area contributed by atoms with Crippen molar-refractivity contribution in [1.29, 1.82) is 0 Å². The molecule has 0 unspecified atom stereocenters. The summed E-state index contributed by atoms with van der Waals surface area (Å²) in [5, 5.41) is 4.89. The number of fused-ring (bicyclic) bond motifs is 1. The number of amides is 1. The first-order valence-electron chi connectivity index (χ1n) is 8.94. The van der Waals surface area contributed by atoms with Crippen LogP contribution in [0, 0.1) is 20.8 Å². The third-order valence-electron chi connectivity index (χ3n) is 4.63. The average molecular weight is 397 g/mol. The molecule has 0 bridgehead atoms. The highest BCUT2D eigenvalue weighted by Crippen LogP contribution is 2.28. The van der Waals surface area contributed by atoms with Gasteiger partial charge in [0, 0.05) is 29.3 Å². The van der Waals surface area contributed by atoms with Gasteiger partial charge in [-0.15, -0.1) is 0 Å². The highest BCUT2D eigenvalue weighted by Gasteiger charge is 2.11. The summed E-state index contributed by atoms with van der Waals surface area (Å²) in [6.07, 6.45) is 0. The summed E-state index contributed by atoms with van der Waals surface area (Å²) in [4.78, 5) is 17.3. The molecule has 2 aromatic carbocycles. The lowest BCUT2D eigenvalue weighted by Crippen LogP contribution is -2.14. The molecule has 1 heterocycles. The van der Waals surface area contributed by atoms with Crippen molar-refractivity contribution < 1.29 is 14.3 Å². The van der Waals surface area contributed by atoms with E-state index in [9.17, 15) is 4.79 Å². The van der Waals surface area contributed by atoms with Crippen molar-refractivity contribution >= 4 is 34.3 Å². The predicted octanol–water partition coefficient (Wildman–Crippen LogP) is 4.91. The van der Waals surface area contributed by atoms with Gasteiger partial charge in [0.25, 0.3) is 0 Å². The zero-order valence-electron chi connectivity index (χ0n) is 16.8. The summed E-state index contributed by atoms with van der Waals surface area (Å²) in [5.74, 6) is 1.41. The molecule has 28 heavy (non-hydrogen) atoms. The van der Waals surface area contributed by atoms with E-state index in [4.69, 9.17) is 14.5 Å². The third kappa shape index (κ3) is 4.39. The second-order valence-electron chi connectivity index (χ2n) is 6.63. The highest BCUT2D eigenvalue weighted by molar-refractivity contribution is 8.00. The van der Waals surface area contributed by atoms with Crippen molar-refractivity contribution in [3.8, 4) is 11.5 Å². The lowest BCUT2D eigenvalue weighted by Gasteiger charge is -2.11. The first kappa shape index (κ1) is 20.0. The fourth-order valence-corrected chi connectivity index (χ4v) is 3.71. The molecule has 146 valence electrons. The summed E-state index contributed by atoms with van der Waals surface area (Å²) >= 11 is 1.44. The molecule has 1 N–H and O–H groups in total. The second-order valence-corrected chi connectivity index (χ2v) is 7.59. The molecule has 0 aliphatic heterocycles. The SMILES string of the molecule is COc1cc(NC(=O)CSc2nc3c(C)c(C)ccc3cc2C)cc(OC)c1. The quantitative estimate of drug-likeness (QED) is 0.600. The molecule has 1 aromatic heterocycles. The number of benzene rings is 2. The van der Waals surface area contributed by atoms with Crippen LogP contribution >= 0.6 is 11.8 Å². The largest absolute Gasteiger partial charge is 0.497 e. The Morgan fingerprint density at radius 2 is 1.68 bits per heavy atom. The Kier molecular flexibility index (Phi) is 6.09. The number of anilines is 1. The number of carbonyl (C=O) groups excluding carboxylic acids is 1. The molecule has 0 saturated carbocycles. The molecule has 0 spiro atoms. The molecule has 0 aliphatic carbocycles. The van der Waals surface area contributed by atoms with Gasteiger partial charge >= 0.3 is 0 Å². The van der Waals surface area contributed by atoms with E-state index in [1.54, 1.807) is 32.4 Å². The van der Waals surface area contributed by atoms with Gasteiger partial charge in [-0.25, -0.2) is 4.98 Å². The highest BCUT2D eigenvalue weighted by atomic mass is 32.2. The topological polar surface area (TPSA) is 60.5 Å². The van der Waals surface area contributed by atoms with Crippen molar-refractivity contribution in [2.45, 2.75) is 25.8 Å². The molecule has 0 saturated heterocycles. The molecule has 0 aliphatic rings. The Hall–Kier alpha value is -2.73. The van der Waals surface area contributed by atoms with Crippen molar-refractivity contribution in [1.82, 2.24) is 4.98 Å². The van der Waals surface area contributed by atoms with Crippen LogP contribution in [0.15, 0.2) is 41.4 Å². The molecule has 1 amide bonds. The van der Waals surface area contributed by atoms with Crippen molar-refractivity contribution in [3.05, 3.63) is 53.1 Å². The summed E-state index contributed by atoms with van der Waals surface area (Å²) in [5.41, 5.74) is 5.08. The summed E-state index contributed by atoms with van der Waals surface area (Å²) in [6.45, 7) is 6.19. The van der Waals surface area contributed by atoms with E-state index in [-0.39, 0.29) is 11.7 Å². The third-order valence-corrected chi connectivity index (χ3v) is 5.72. The van der Waals surface area contributed by atoms with Gasteiger partial charge in [0.05, 0.1) is 25.5 Å². The van der Waals surface area contributed by atoms with Gasteiger partial charge in [-0.3, -0.25) is 4.79 Å². The molecule has 0 atom stereocenters. The molecule has 5 nitrogen and oxygen atoms in total. The molecule has 0 fully saturated rings. The van der Waals surface area contributed by atoms with Gasteiger partial charge in [-0.1, -0.05) is 23.9 Å². The zero-order chi connectivity index (χ0) is 20.3. The van der Waals surface area contributed by atoms with E-state index in [2.05, 4.69) is 37.4 Å². The summed E-state index contributed by atoms with van der Waals surface area (Å²) in [6, 6.07) is 11.6. The Labute approximate surface area is 169 Å². The lowest BCUT2D eigenvalue weighted by atomic mass is 10.0. The number of ether oxygens (including phenoxy) is 2. The Morgan fingerprint density at radius 3 is 2.32 bits per heavy atom. The fourth-order valence-electron chi connectivity index (χ4n) is 2.93.